The number of nitrogens with zero attached hydrogens (tertiary/aromatic N) is 1. The lowest BCUT2D eigenvalue weighted by atomic mass is 9.80. The Kier molecular flexibility index (Phi) is 4.20. The fourth-order valence-electron chi connectivity index (χ4n) is 2.02. The number of hydrogen-bond acceptors (Lipinski definition) is 2. The number of carboxylic acids is 1. The van der Waals surface area contributed by atoms with Gasteiger partial charge in [0.2, 0.25) is 0 Å². The molecule has 0 atom stereocenters. The maximum atomic E-state index is 11.0. The molecule has 0 heterocycles. The molecule has 4 heteroatoms. The summed E-state index contributed by atoms with van der Waals surface area (Å²) in [5, 5.41) is 9.00. The van der Waals surface area contributed by atoms with Gasteiger partial charge in [-0.05, 0) is 17.7 Å². The van der Waals surface area contributed by atoms with E-state index >= 15 is 0 Å². The Labute approximate surface area is 111 Å². The molecule has 3 nitrogen and oxygen atoms in total. The summed E-state index contributed by atoms with van der Waals surface area (Å²) in [6, 6.07) is 5.91. The minimum Gasteiger partial charge on any atom is -0.481 e. The van der Waals surface area contributed by atoms with Crippen molar-refractivity contribution in [3.8, 4) is 0 Å². The molecule has 94 valence electrons. The van der Waals surface area contributed by atoms with Crippen molar-refractivity contribution in [3.05, 3.63) is 28.2 Å². The zero-order chi connectivity index (χ0) is 13.2. The van der Waals surface area contributed by atoms with Gasteiger partial charge in [0.1, 0.15) is 0 Å². The molecular formula is C13H18BrNO2. The number of carbonyl (C=O) groups is 1. The highest BCUT2D eigenvalue weighted by molar-refractivity contribution is 9.10. The van der Waals surface area contributed by atoms with Gasteiger partial charge in [0.15, 0.2) is 0 Å². The second kappa shape index (κ2) is 5.08. The summed E-state index contributed by atoms with van der Waals surface area (Å²) >= 11 is 3.52. The second-order valence-corrected chi connectivity index (χ2v) is 5.84. The summed E-state index contributed by atoms with van der Waals surface area (Å²) in [5.74, 6) is -0.782. The Morgan fingerprint density at radius 1 is 1.41 bits per heavy atom. The van der Waals surface area contributed by atoms with Gasteiger partial charge in [-0.3, -0.25) is 4.79 Å². The molecular weight excluding hydrogens is 282 g/mol. The third-order valence-electron chi connectivity index (χ3n) is 2.74. The second-order valence-electron chi connectivity index (χ2n) is 4.98. The highest BCUT2D eigenvalue weighted by Crippen LogP contribution is 2.39. The van der Waals surface area contributed by atoms with Crippen LogP contribution in [0.1, 0.15) is 25.8 Å². The lowest BCUT2D eigenvalue weighted by Gasteiger charge is -2.30. The first kappa shape index (κ1) is 14.0. The quantitative estimate of drug-likeness (QED) is 0.928. The van der Waals surface area contributed by atoms with E-state index in [1.165, 1.54) is 0 Å². The lowest BCUT2D eigenvalue weighted by Crippen LogP contribution is -2.25. The molecule has 0 aliphatic carbocycles. The fourth-order valence-corrected chi connectivity index (χ4v) is 2.91. The van der Waals surface area contributed by atoms with Crippen LogP contribution in [0, 0.1) is 0 Å². The Morgan fingerprint density at radius 3 is 2.47 bits per heavy atom. The van der Waals surface area contributed by atoms with Crippen molar-refractivity contribution in [2.75, 3.05) is 19.0 Å². The summed E-state index contributed by atoms with van der Waals surface area (Å²) in [5.41, 5.74) is 1.67. The molecule has 17 heavy (non-hydrogen) atoms. The number of benzene rings is 1. The number of halogens is 1. The number of aliphatic carboxylic acids is 1. The third kappa shape index (κ3) is 3.22. The number of anilines is 1. The summed E-state index contributed by atoms with van der Waals surface area (Å²) in [6.07, 6.45) is 0.108. The number of rotatable bonds is 4. The zero-order valence-electron chi connectivity index (χ0n) is 10.6. The van der Waals surface area contributed by atoms with Gasteiger partial charge in [-0.25, -0.2) is 0 Å². The van der Waals surface area contributed by atoms with Gasteiger partial charge in [-0.1, -0.05) is 35.8 Å². The zero-order valence-corrected chi connectivity index (χ0v) is 12.2. The molecule has 0 saturated heterocycles. The average Bonchev–Trinajstić information content (AvgIpc) is 2.14. The molecule has 1 aromatic rings. The summed E-state index contributed by atoms with van der Waals surface area (Å²) in [4.78, 5) is 13.0. The Morgan fingerprint density at radius 2 is 2.00 bits per heavy atom. The molecule has 0 radical (unpaired) electrons. The van der Waals surface area contributed by atoms with Crippen molar-refractivity contribution in [2.45, 2.75) is 25.7 Å². The highest BCUT2D eigenvalue weighted by atomic mass is 79.9. The van der Waals surface area contributed by atoms with Gasteiger partial charge in [0, 0.05) is 29.7 Å². The summed E-state index contributed by atoms with van der Waals surface area (Å²) in [7, 11) is 3.92. The van der Waals surface area contributed by atoms with Gasteiger partial charge in [0.25, 0.3) is 0 Å². The first-order chi connectivity index (χ1) is 7.75. The van der Waals surface area contributed by atoms with Crippen LogP contribution in [0.15, 0.2) is 22.7 Å². The largest absolute Gasteiger partial charge is 0.481 e. The maximum absolute atomic E-state index is 11.0. The van der Waals surface area contributed by atoms with Gasteiger partial charge in [-0.15, -0.1) is 0 Å². The van der Waals surface area contributed by atoms with Gasteiger partial charge in [0.05, 0.1) is 6.42 Å². The van der Waals surface area contributed by atoms with Crippen molar-refractivity contribution in [1.82, 2.24) is 0 Å². The third-order valence-corrected chi connectivity index (χ3v) is 3.40. The van der Waals surface area contributed by atoms with Crippen molar-refractivity contribution in [1.29, 1.82) is 0 Å². The fraction of sp³-hybridized carbons (Fsp3) is 0.462. The normalized spacial score (nSPS) is 11.4. The van der Waals surface area contributed by atoms with E-state index in [0.29, 0.717) is 0 Å². The minimum atomic E-state index is -0.782. The predicted octanol–water partition coefficient (Wildman–Crippen LogP) is 3.27. The van der Waals surface area contributed by atoms with E-state index in [9.17, 15) is 4.79 Å². The van der Waals surface area contributed by atoms with Crippen LogP contribution in [0.3, 0.4) is 0 Å². The molecule has 1 rings (SSSR count). The Hall–Kier alpha value is -1.03. The monoisotopic (exact) mass is 299 g/mol. The van der Waals surface area contributed by atoms with Crippen LogP contribution in [-0.4, -0.2) is 25.2 Å². The van der Waals surface area contributed by atoms with Crippen LogP contribution >= 0.6 is 15.9 Å². The molecule has 1 N–H and O–H groups in total. The Bertz CT molecular complexity index is 427. The standard InChI is InChI=1S/C13H18BrNO2/c1-13(2,8-11(16)17)12-9(14)6-5-7-10(12)15(3)4/h5-7H,8H2,1-4H3,(H,16,17). The predicted molar refractivity (Wildman–Crippen MR) is 73.7 cm³/mol. The molecule has 0 spiro atoms. The minimum absolute atomic E-state index is 0.108. The molecule has 0 aromatic heterocycles. The van der Waals surface area contributed by atoms with Crippen LogP contribution < -0.4 is 4.90 Å². The molecule has 0 amide bonds. The smallest absolute Gasteiger partial charge is 0.304 e. The maximum Gasteiger partial charge on any atom is 0.304 e. The van der Waals surface area contributed by atoms with Crippen molar-refractivity contribution in [3.63, 3.8) is 0 Å². The van der Waals surface area contributed by atoms with E-state index in [-0.39, 0.29) is 6.42 Å². The average molecular weight is 300 g/mol. The van der Waals surface area contributed by atoms with Gasteiger partial charge in [-0.2, -0.15) is 0 Å². The van der Waals surface area contributed by atoms with E-state index in [1.54, 1.807) is 0 Å². The van der Waals surface area contributed by atoms with Crippen LogP contribution in [-0.2, 0) is 10.2 Å². The molecule has 0 saturated carbocycles. The van der Waals surface area contributed by atoms with E-state index < -0.39 is 11.4 Å². The van der Waals surface area contributed by atoms with Crippen LogP contribution in [0.4, 0.5) is 5.69 Å². The van der Waals surface area contributed by atoms with E-state index in [0.717, 1.165) is 15.7 Å². The summed E-state index contributed by atoms with van der Waals surface area (Å²) in [6.45, 7) is 3.91. The van der Waals surface area contributed by atoms with E-state index in [4.69, 9.17) is 5.11 Å². The van der Waals surface area contributed by atoms with E-state index in [1.807, 2.05) is 51.0 Å². The first-order valence-corrected chi connectivity index (χ1v) is 6.23. The topological polar surface area (TPSA) is 40.5 Å². The van der Waals surface area contributed by atoms with Crippen molar-refractivity contribution in [2.24, 2.45) is 0 Å². The van der Waals surface area contributed by atoms with Crippen LogP contribution in [0.25, 0.3) is 0 Å². The summed E-state index contributed by atoms with van der Waals surface area (Å²) < 4.78 is 0.954. The highest BCUT2D eigenvalue weighted by Gasteiger charge is 2.29. The SMILES string of the molecule is CN(C)c1cccc(Br)c1C(C)(C)CC(=O)O. The first-order valence-electron chi connectivity index (χ1n) is 5.44. The van der Waals surface area contributed by atoms with Crippen LogP contribution in [0.2, 0.25) is 0 Å². The molecule has 0 aliphatic rings. The molecule has 0 bridgehead atoms. The molecule has 0 fully saturated rings. The van der Waals surface area contributed by atoms with Crippen LogP contribution in [0.5, 0.6) is 0 Å². The van der Waals surface area contributed by atoms with E-state index in [2.05, 4.69) is 15.9 Å². The number of hydrogen-bond donors (Lipinski definition) is 1. The number of carboxylic acid groups (broad SMARTS) is 1. The Balaban J connectivity index is 3.32. The lowest BCUT2D eigenvalue weighted by molar-refractivity contribution is -0.138. The van der Waals surface area contributed by atoms with Crippen molar-refractivity contribution >= 4 is 27.6 Å². The van der Waals surface area contributed by atoms with Crippen molar-refractivity contribution < 1.29 is 9.90 Å². The molecule has 0 unspecified atom stereocenters. The molecule has 1 aromatic carbocycles. The van der Waals surface area contributed by atoms with Gasteiger partial charge >= 0.3 is 5.97 Å². The van der Waals surface area contributed by atoms with Gasteiger partial charge < -0.3 is 10.0 Å². The molecule has 0 aliphatic heterocycles.